The van der Waals surface area contributed by atoms with Gasteiger partial charge in [-0.15, -0.1) is 0 Å². The molecule has 0 fully saturated rings. The standard InChI is InChI=1S/C29H26ClN3O7/c1-16(2)40-29(37)18-6-5-7-20(14-18)32-26(34)17-8-10-19(11-9-17)31-25-24(30)27(35)33(28(25)36)22-15-21(38-3)12-13-23(22)39-4/h5-16,31H,1-4H3,(H,32,34). The highest BCUT2D eigenvalue weighted by Crippen LogP contribution is 2.38. The van der Waals surface area contributed by atoms with E-state index in [1.807, 2.05) is 0 Å². The van der Waals surface area contributed by atoms with Crippen molar-refractivity contribution in [2.75, 3.05) is 29.8 Å². The second-order valence-corrected chi connectivity index (χ2v) is 9.24. The Morgan fingerprint density at radius 3 is 2.23 bits per heavy atom. The van der Waals surface area contributed by atoms with Crippen molar-refractivity contribution in [2.24, 2.45) is 0 Å². The fraction of sp³-hybridized carbons (Fsp3) is 0.172. The smallest absolute Gasteiger partial charge is 0.338 e. The van der Waals surface area contributed by atoms with E-state index >= 15 is 0 Å². The molecule has 0 bridgehead atoms. The zero-order valence-electron chi connectivity index (χ0n) is 22.1. The van der Waals surface area contributed by atoms with Gasteiger partial charge in [0.25, 0.3) is 17.7 Å². The van der Waals surface area contributed by atoms with Crippen molar-refractivity contribution < 1.29 is 33.4 Å². The molecule has 0 atom stereocenters. The van der Waals surface area contributed by atoms with Crippen LogP contribution in [0.3, 0.4) is 0 Å². The largest absolute Gasteiger partial charge is 0.497 e. The van der Waals surface area contributed by atoms with E-state index < -0.39 is 23.7 Å². The molecule has 0 spiro atoms. The first kappa shape index (κ1) is 28.2. The summed E-state index contributed by atoms with van der Waals surface area (Å²) < 4.78 is 15.7. The van der Waals surface area contributed by atoms with Gasteiger partial charge in [-0.1, -0.05) is 17.7 Å². The van der Waals surface area contributed by atoms with Gasteiger partial charge in [-0.3, -0.25) is 14.4 Å². The van der Waals surface area contributed by atoms with Gasteiger partial charge in [-0.05, 0) is 68.4 Å². The monoisotopic (exact) mass is 563 g/mol. The van der Waals surface area contributed by atoms with E-state index in [9.17, 15) is 19.2 Å². The van der Waals surface area contributed by atoms with E-state index in [1.54, 1.807) is 56.3 Å². The lowest BCUT2D eigenvalue weighted by Gasteiger charge is -2.19. The molecule has 4 rings (SSSR count). The summed E-state index contributed by atoms with van der Waals surface area (Å²) in [4.78, 5) is 52.0. The predicted octanol–water partition coefficient (Wildman–Crippen LogP) is 4.96. The van der Waals surface area contributed by atoms with Crippen LogP contribution in [0.2, 0.25) is 0 Å². The molecule has 0 unspecified atom stereocenters. The molecule has 0 radical (unpaired) electrons. The maximum atomic E-state index is 13.2. The van der Waals surface area contributed by atoms with E-state index in [1.165, 1.54) is 38.5 Å². The van der Waals surface area contributed by atoms with Gasteiger partial charge >= 0.3 is 5.97 Å². The maximum absolute atomic E-state index is 13.2. The number of ether oxygens (including phenoxy) is 3. The van der Waals surface area contributed by atoms with E-state index in [0.29, 0.717) is 28.3 Å². The van der Waals surface area contributed by atoms with Crippen LogP contribution in [0.25, 0.3) is 0 Å². The minimum absolute atomic E-state index is 0.126. The van der Waals surface area contributed by atoms with Crippen LogP contribution in [0.1, 0.15) is 34.6 Å². The molecule has 3 amide bonds. The van der Waals surface area contributed by atoms with Crippen molar-refractivity contribution in [3.63, 3.8) is 0 Å². The molecule has 0 saturated carbocycles. The van der Waals surface area contributed by atoms with Crippen molar-refractivity contribution in [3.8, 4) is 11.5 Å². The number of nitrogens with one attached hydrogen (secondary N) is 2. The molecule has 3 aromatic rings. The fourth-order valence-corrected chi connectivity index (χ4v) is 4.07. The van der Waals surface area contributed by atoms with Gasteiger partial charge in [0.1, 0.15) is 22.2 Å². The topological polar surface area (TPSA) is 123 Å². The minimum Gasteiger partial charge on any atom is -0.497 e. The molecule has 2 N–H and O–H groups in total. The SMILES string of the molecule is COc1ccc(OC)c(N2C(=O)C(Cl)=C(Nc3ccc(C(=O)Nc4cccc(C(=O)OC(C)C)c4)cc3)C2=O)c1. The number of hydrogen-bond acceptors (Lipinski definition) is 8. The Hall–Kier alpha value is -4.83. The number of carbonyl (C=O) groups excluding carboxylic acids is 4. The normalized spacial score (nSPS) is 13.0. The third kappa shape index (κ3) is 5.92. The van der Waals surface area contributed by atoms with Gasteiger partial charge in [0.2, 0.25) is 0 Å². The van der Waals surface area contributed by atoms with Crippen LogP contribution in [0, 0.1) is 0 Å². The predicted molar refractivity (Wildman–Crippen MR) is 150 cm³/mol. The highest BCUT2D eigenvalue weighted by Gasteiger charge is 2.40. The third-order valence-corrected chi connectivity index (χ3v) is 6.12. The van der Waals surface area contributed by atoms with Gasteiger partial charge in [0, 0.05) is 23.0 Å². The number of carbonyl (C=O) groups is 4. The highest BCUT2D eigenvalue weighted by atomic mass is 35.5. The van der Waals surface area contributed by atoms with Crippen LogP contribution in [-0.4, -0.2) is 44.0 Å². The molecule has 10 nitrogen and oxygen atoms in total. The molecule has 1 aliphatic heterocycles. The molecule has 1 aliphatic rings. The quantitative estimate of drug-likeness (QED) is 0.277. The molecule has 40 heavy (non-hydrogen) atoms. The van der Waals surface area contributed by atoms with E-state index in [0.717, 1.165) is 4.90 Å². The Balaban J connectivity index is 1.47. The van der Waals surface area contributed by atoms with Crippen LogP contribution < -0.4 is 25.0 Å². The number of imide groups is 1. The number of benzene rings is 3. The van der Waals surface area contributed by atoms with Crippen LogP contribution >= 0.6 is 11.6 Å². The minimum atomic E-state index is -0.726. The summed E-state index contributed by atoms with van der Waals surface area (Å²) in [5, 5.41) is 5.31. The highest BCUT2D eigenvalue weighted by molar-refractivity contribution is 6.53. The van der Waals surface area contributed by atoms with Crippen LogP contribution in [-0.2, 0) is 14.3 Å². The lowest BCUT2D eigenvalue weighted by molar-refractivity contribution is -0.120. The van der Waals surface area contributed by atoms with Crippen molar-refractivity contribution in [2.45, 2.75) is 20.0 Å². The Morgan fingerprint density at radius 2 is 1.57 bits per heavy atom. The van der Waals surface area contributed by atoms with Gasteiger partial charge in [-0.2, -0.15) is 0 Å². The molecule has 3 aromatic carbocycles. The Bertz CT molecular complexity index is 1520. The Morgan fingerprint density at radius 1 is 0.850 bits per heavy atom. The molecule has 0 saturated heterocycles. The molecular weight excluding hydrogens is 538 g/mol. The third-order valence-electron chi connectivity index (χ3n) is 5.77. The summed E-state index contributed by atoms with van der Waals surface area (Å²) in [6, 6.07) is 17.3. The summed E-state index contributed by atoms with van der Waals surface area (Å²) in [6.07, 6.45) is -0.270. The van der Waals surface area contributed by atoms with Crippen molar-refractivity contribution in [3.05, 3.63) is 88.6 Å². The van der Waals surface area contributed by atoms with Gasteiger partial charge in [0.05, 0.1) is 31.6 Å². The van der Waals surface area contributed by atoms with Gasteiger partial charge in [0.15, 0.2) is 0 Å². The zero-order chi connectivity index (χ0) is 29.0. The summed E-state index contributed by atoms with van der Waals surface area (Å²) in [5.74, 6) is -1.61. The summed E-state index contributed by atoms with van der Waals surface area (Å²) >= 11 is 6.26. The van der Waals surface area contributed by atoms with Crippen molar-refractivity contribution in [1.29, 1.82) is 0 Å². The molecule has 0 aromatic heterocycles. The Labute approximate surface area is 235 Å². The van der Waals surface area contributed by atoms with Crippen LogP contribution in [0.15, 0.2) is 77.5 Å². The summed E-state index contributed by atoms with van der Waals surface area (Å²) in [5.41, 5.74) is 1.53. The van der Waals surface area contributed by atoms with E-state index in [4.69, 9.17) is 25.8 Å². The number of esters is 1. The zero-order valence-corrected chi connectivity index (χ0v) is 22.9. The first-order valence-corrected chi connectivity index (χ1v) is 12.5. The van der Waals surface area contributed by atoms with Crippen LogP contribution in [0.4, 0.5) is 17.1 Å². The molecule has 1 heterocycles. The number of methoxy groups -OCH3 is 2. The van der Waals surface area contributed by atoms with Gasteiger partial charge in [-0.25, -0.2) is 9.69 Å². The molecular formula is C29H26ClN3O7. The average molecular weight is 564 g/mol. The van der Waals surface area contributed by atoms with E-state index in [2.05, 4.69) is 10.6 Å². The van der Waals surface area contributed by atoms with Crippen LogP contribution in [0.5, 0.6) is 11.5 Å². The van der Waals surface area contributed by atoms with Crippen molar-refractivity contribution >= 4 is 52.4 Å². The van der Waals surface area contributed by atoms with E-state index in [-0.39, 0.29) is 28.3 Å². The van der Waals surface area contributed by atoms with Crippen molar-refractivity contribution in [1.82, 2.24) is 0 Å². The molecule has 11 heteroatoms. The summed E-state index contributed by atoms with van der Waals surface area (Å²) in [7, 11) is 2.88. The maximum Gasteiger partial charge on any atom is 0.338 e. The average Bonchev–Trinajstić information content (AvgIpc) is 3.15. The number of amides is 3. The summed E-state index contributed by atoms with van der Waals surface area (Å²) in [6.45, 7) is 3.50. The lowest BCUT2D eigenvalue weighted by atomic mass is 10.1. The number of rotatable bonds is 9. The first-order valence-electron chi connectivity index (χ1n) is 12.1. The number of halogens is 1. The second-order valence-electron chi connectivity index (χ2n) is 8.86. The number of anilines is 3. The lowest BCUT2D eigenvalue weighted by Crippen LogP contribution is -2.32. The number of hydrogen-bond donors (Lipinski definition) is 2. The molecule has 0 aliphatic carbocycles. The second kappa shape index (κ2) is 11.9. The molecule has 206 valence electrons. The number of nitrogens with zero attached hydrogens (tertiary/aromatic N) is 1. The first-order chi connectivity index (χ1) is 19.1. The van der Waals surface area contributed by atoms with Gasteiger partial charge < -0.3 is 24.8 Å². The fourth-order valence-electron chi connectivity index (χ4n) is 3.86. The Kier molecular flexibility index (Phi) is 8.40.